The van der Waals surface area contributed by atoms with Gasteiger partial charge < -0.3 is 9.84 Å². The van der Waals surface area contributed by atoms with E-state index in [0.29, 0.717) is 13.1 Å². The molecule has 102 valence electrons. The average Bonchev–Trinajstić information content (AvgIpc) is 2.84. The van der Waals surface area contributed by atoms with Crippen LogP contribution in [0.15, 0.2) is 54.6 Å². The molecule has 4 heteroatoms. The number of cyclic esters (lactones) is 1. The fourth-order valence-corrected chi connectivity index (χ4v) is 2.30. The lowest BCUT2D eigenvalue weighted by atomic mass is 10.1. The molecule has 0 radical (unpaired) electrons. The van der Waals surface area contributed by atoms with Crippen LogP contribution >= 0.6 is 0 Å². The number of rotatable bonds is 3. The van der Waals surface area contributed by atoms with Gasteiger partial charge in [-0.2, -0.15) is 0 Å². The maximum Gasteiger partial charge on any atom is 0.410 e. The fourth-order valence-electron chi connectivity index (χ4n) is 2.30. The molecule has 1 heterocycles. The molecule has 1 N–H and O–H groups in total. The molecular weight excluding hydrogens is 254 g/mol. The highest BCUT2D eigenvalue weighted by atomic mass is 16.6. The van der Waals surface area contributed by atoms with E-state index in [-0.39, 0.29) is 17.9 Å². The zero-order valence-electron chi connectivity index (χ0n) is 10.9. The third-order valence-electron chi connectivity index (χ3n) is 3.37. The van der Waals surface area contributed by atoms with Crippen molar-refractivity contribution in [3.05, 3.63) is 65.7 Å². The average molecular weight is 269 g/mol. The van der Waals surface area contributed by atoms with Crippen LogP contribution in [0.5, 0.6) is 5.75 Å². The Bertz CT molecular complexity index is 595. The summed E-state index contributed by atoms with van der Waals surface area (Å²) in [4.78, 5) is 13.6. The zero-order valence-corrected chi connectivity index (χ0v) is 10.9. The van der Waals surface area contributed by atoms with E-state index in [9.17, 15) is 9.90 Å². The van der Waals surface area contributed by atoms with Gasteiger partial charge >= 0.3 is 6.09 Å². The highest BCUT2D eigenvalue weighted by molar-refractivity contribution is 5.70. The number of phenols is 1. The van der Waals surface area contributed by atoms with Gasteiger partial charge in [-0.3, -0.25) is 4.90 Å². The van der Waals surface area contributed by atoms with Crippen LogP contribution in [0.4, 0.5) is 4.79 Å². The lowest BCUT2D eigenvalue weighted by Gasteiger charge is -2.13. The van der Waals surface area contributed by atoms with Crippen molar-refractivity contribution < 1.29 is 14.6 Å². The Balaban J connectivity index is 1.70. The van der Waals surface area contributed by atoms with E-state index < -0.39 is 0 Å². The standard InChI is InChI=1S/C16H15NO3/c18-14-8-6-12(7-9-14)10-17-11-15(20-16(17)19)13-4-2-1-3-5-13/h1-9,15,18H,10-11H2/t15-/m0/s1. The number of ether oxygens (including phenoxy) is 1. The SMILES string of the molecule is O=C1O[C@H](c2ccccc2)CN1Cc1ccc(O)cc1. The predicted octanol–water partition coefficient (Wildman–Crippen LogP) is 3.09. The minimum Gasteiger partial charge on any atom is -0.508 e. The molecule has 2 aromatic rings. The maximum absolute atomic E-state index is 11.9. The number of carbonyl (C=O) groups excluding carboxylic acids is 1. The first-order valence-electron chi connectivity index (χ1n) is 6.51. The molecule has 0 unspecified atom stereocenters. The summed E-state index contributed by atoms with van der Waals surface area (Å²) in [5.74, 6) is 0.222. The van der Waals surface area contributed by atoms with Crippen molar-refractivity contribution in [1.29, 1.82) is 0 Å². The topological polar surface area (TPSA) is 49.8 Å². The number of benzene rings is 2. The van der Waals surface area contributed by atoms with Gasteiger partial charge in [0, 0.05) is 6.54 Å². The van der Waals surface area contributed by atoms with E-state index >= 15 is 0 Å². The lowest BCUT2D eigenvalue weighted by Crippen LogP contribution is -2.23. The molecule has 0 saturated carbocycles. The van der Waals surface area contributed by atoms with E-state index in [1.165, 1.54) is 0 Å². The summed E-state index contributed by atoms with van der Waals surface area (Å²) in [6.45, 7) is 1.03. The number of amides is 1. The largest absolute Gasteiger partial charge is 0.508 e. The first-order valence-corrected chi connectivity index (χ1v) is 6.51. The Morgan fingerprint density at radius 3 is 2.50 bits per heavy atom. The number of hydrogen-bond donors (Lipinski definition) is 1. The van der Waals surface area contributed by atoms with Crippen molar-refractivity contribution in [3.63, 3.8) is 0 Å². The first kappa shape index (κ1) is 12.5. The summed E-state index contributed by atoms with van der Waals surface area (Å²) in [5, 5.41) is 9.26. The van der Waals surface area contributed by atoms with Gasteiger partial charge in [0.1, 0.15) is 11.9 Å². The summed E-state index contributed by atoms with van der Waals surface area (Å²) in [6.07, 6.45) is -0.507. The van der Waals surface area contributed by atoms with Crippen molar-refractivity contribution >= 4 is 6.09 Å². The minimum absolute atomic E-state index is 0.208. The van der Waals surface area contributed by atoms with Crippen LogP contribution in [0.2, 0.25) is 0 Å². The molecule has 1 saturated heterocycles. The number of nitrogens with zero attached hydrogens (tertiary/aromatic N) is 1. The molecule has 1 fully saturated rings. The first-order chi connectivity index (χ1) is 9.72. The van der Waals surface area contributed by atoms with Gasteiger partial charge in [-0.05, 0) is 23.3 Å². The maximum atomic E-state index is 11.9. The van der Waals surface area contributed by atoms with Gasteiger partial charge in [-0.15, -0.1) is 0 Å². The van der Waals surface area contributed by atoms with E-state index in [1.807, 2.05) is 30.3 Å². The molecule has 3 rings (SSSR count). The van der Waals surface area contributed by atoms with Gasteiger partial charge in [0.2, 0.25) is 0 Å². The summed E-state index contributed by atoms with van der Waals surface area (Å²) in [5.41, 5.74) is 1.97. The van der Waals surface area contributed by atoms with E-state index in [1.54, 1.807) is 29.2 Å². The molecule has 0 bridgehead atoms. The zero-order chi connectivity index (χ0) is 13.9. The van der Waals surface area contributed by atoms with Crippen LogP contribution in [-0.4, -0.2) is 22.6 Å². The Hall–Kier alpha value is -2.49. The van der Waals surface area contributed by atoms with Crippen molar-refractivity contribution in [2.75, 3.05) is 6.54 Å². The second-order valence-electron chi connectivity index (χ2n) is 4.83. The normalized spacial score (nSPS) is 18.1. The Morgan fingerprint density at radius 2 is 1.80 bits per heavy atom. The van der Waals surface area contributed by atoms with Crippen LogP contribution in [0, 0.1) is 0 Å². The Labute approximate surface area is 117 Å². The number of hydrogen-bond acceptors (Lipinski definition) is 3. The molecule has 0 aliphatic carbocycles. The molecule has 1 aliphatic rings. The van der Waals surface area contributed by atoms with Gasteiger partial charge in [0.25, 0.3) is 0 Å². The Kier molecular flexibility index (Phi) is 3.29. The van der Waals surface area contributed by atoms with Crippen molar-refractivity contribution in [2.45, 2.75) is 12.6 Å². The summed E-state index contributed by atoms with van der Waals surface area (Å²) in [7, 11) is 0. The van der Waals surface area contributed by atoms with Crippen LogP contribution < -0.4 is 0 Å². The monoisotopic (exact) mass is 269 g/mol. The molecule has 1 atom stereocenters. The van der Waals surface area contributed by atoms with Gasteiger partial charge in [-0.25, -0.2) is 4.79 Å². The van der Waals surface area contributed by atoms with Gasteiger partial charge in [0.05, 0.1) is 6.54 Å². The number of phenolic OH excluding ortho intramolecular Hbond substituents is 1. The third kappa shape index (κ3) is 2.59. The van der Waals surface area contributed by atoms with Crippen LogP contribution in [-0.2, 0) is 11.3 Å². The van der Waals surface area contributed by atoms with Gasteiger partial charge in [-0.1, -0.05) is 42.5 Å². The highest BCUT2D eigenvalue weighted by Gasteiger charge is 2.31. The smallest absolute Gasteiger partial charge is 0.410 e. The molecule has 1 aliphatic heterocycles. The van der Waals surface area contributed by atoms with Crippen molar-refractivity contribution in [1.82, 2.24) is 4.90 Å². The van der Waals surface area contributed by atoms with E-state index in [4.69, 9.17) is 4.74 Å². The van der Waals surface area contributed by atoms with Gasteiger partial charge in [0.15, 0.2) is 0 Å². The predicted molar refractivity (Wildman–Crippen MR) is 74.2 cm³/mol. The number of aromatic hydroxyl groups is 1. The molecule has 4 nitrogen and oxygen atoms in total. The fraction of sp³-hybridized carbons (Fsp3) is 0.188. The van der Waals surface area contributed by atoms with Crippen LogP contribution in [0.3, 0.4) is 0 Å². The third-order valence-corrected chi connectivity index (χ3v) is 3.37. The molecule has 0 spiro atoms. The minimum atomic E-state index is -0.299. The van der Waals surface area contributed by atoms with Crippen LogP contribution in [0.25, 0.3) is 0 Å². The van der Waals surface area contributed by atoms with Crippen molar-refractivity contribution in [2.24, 2.45) is 0 Å². The van der Waals surface area contributed by atoms with Crippen molar-refractivity contribution in [3.8, 4) is 5.75 Å². The quantitative estimate of drug-likeness (QED) is 0.931. The molecule has 0 aromatic heterocycles. The van der Waals surface area contributed by atoms with E-state index in [0.717, 1.165) is 11.1 Å². The second kappa shape index (κ2) is 5.25. The molecular formula is C16H15NO3. The second-order valence-corrected chi connectivity index (χ2v) is 4.83. The van der Waals surface area contributed by atoms with Crippen LogP contribution in [0.1, 0.15) is 17.2 Å². The molecule has 1 amide bonds. The number of carbonyl (C=O) groups is 1. The summed E-state index contributed by atoms with van der Waals surface area (Å²) < 4.78 is 5.39. The summed E-state index contributed by atoms with van der Waals surface area (Å²) >= 11 is 0. The Morgan fingerprint density at radius 1 is 1.10 bits per heavy atom. The highest BCUT2D eigenvalue weighted by Crippen LogP contribution is 2.27. The molecule has 2 aromatic carbocycles. The van der Waals surface area contributed by atoms with E-state index in [2.05, 4.69) is 0 Å². The summed E-state index contributed by atoms with van der Waals surface area (Å²) in [6, 6.07) is 16.6. The lowest BCUT2D eigenvalue weighted by molar-refractivity contribution is 0.132. The molecule has 20 heavy (non-hydrogen) atoms.